The molecule has 26 heavy (non-hydrogen) atoms. The first kappa shape index (κ1) is 18.2. The summed E-state index contributed by atoms with van der Waals surface area (Å²) in [6.45, 7) is 1.94. The quantitative estimate of drug-likeness (QED) is 0.514. The van der Waals surface area contributed by atoms with Crippen LogP contribution in [0.15, 0.2) is 88.2 Å². The van der Waals surface area contributed by atoms with Crippen molar-refractivity contribution in [2.75, 3.05) is 5.32 Å². The van der Waals surface area contributed by atoms with Crippen LogP contribution in [0.1, 0.15) is 11.1 Å². The van der Waals surface area contributed by atoms with Gasteiger partial charge >= 0.3 is 0 Å². The lowest BCUT2D eigenvalue weighted by molar-refractivity contribution is 0.598. The highest BCUT2D eigenvalue weighted by atomic mass is 35.5. The summed E-state index contributed by atoms with van der Waals surface area (Å²) >= 11 is 5.95. The maximum Gasteiger partial charge on any atom is 0.284 e. The second kappa shape index (κ2) is 7.72. The molecule has 0 aromatic heterocycles. The summed E-state index contributed by atoms with van der Waals surface area (Å²) in [5, 5.41) is 3.70. The van der Waals surface area contributed by atoms with Crippen molar-refractivity contribution in [3.8, 4) is 0 Å². The van der Waals surface area contributed by atoms with Gasteiger partial charge in [-0.3, -0.25) is 0 Å². The van der Waals surface area contributed by atoms with Gasteiger partial charge in [-0.25, -0.2) is 0 Å². The Labute approximate surface area is 158 Å². The number of sulfonamides is 1. The summed E-state index contributed by atoms with van der Waals surface area (Å²) in [5.74, 6) is 0.236. The van der Waals surface area contributed by atoms with Gasteiger partial charge in [0.15, 0.2) is 5.84 Å². The van der Waals surface area contributed by atoms with E-state index >= 15 is 0 Å². The summed E-state index contributed by atoms with van der Waals surface area (Å²) in [7, 11) is -3.86. The highest BCUT2D eigenvalue weighted by molar-refractivity contribution is 7.90. The highest BCUT2D eigenvalue weighted by Crippen LogP contribution is 2.19. The molecule has 6 heteroatoms. The summed E-state index contributed by atoms with van der Waals surface area (Å²) in [6, 6.07) is 22.6. The summed E-state index contributed by atoms with van der Waals surface area (Å²) in [5.41, 5.74) is 2.38. The van der Waals surface area contributed by atoms with E-state index in [9.17, 15) is 8.42 Å². The summed E-state index contributed by atoms with van der Waals surface area (Å²) in [6.07, 6.45) is 0. The second-order valence-electron chi connectivity index (χ2n) is 5.67. The Morgan fingerprint density at radius 3 is 2.15 bits per heavy atom. The van der Waals surface area contributed by atoms with Crippen LogP contribution < -0.4 is 5.32 Å². The predicted octanol–water partition coefficient (Wildman–Crippen LogP) is 4.90. The monoisotopic (exact) mass is 384 g/mol. The molecule has 0 saturated heterocycles. The fourth-order valence-electron chi connectivity index (χ4n) is 2.36. The first-order valence-electron chi connectivity index (χ1n) is 7.94. The maximum absolute atomic E-state index is 12.7. The van der Waals surface area contributed by atoms with Gasteiger partial charge in [0.1, 0.15) is 0 Å². The Kier molecular flexibility index (Phi) is 5.40. The Balaban J connectivity index is 2.08. The third kappa shape index (κ3) is 4.31. The van der Waals surface area contributed by atoms with Crippen molar-refractivity contribution in [3.63, 3.8) is 0 Å². The lowest BCUT2D eigenvalue weighted by atomic mass is 10.1. The first-order chi connectivity index (χ1) is 12.5. The van der Waals surface area contributed by atoms with E-state index in [1.54, 1.807) is 42.5 Å². The molecule has 0 fully saturated rings. The minimum absolute atomic E-state index is 0.137. The van der Waals surface area contributed by atoms with Gasteiger partial charge in [-0.2, -0.15) is 8.42 Å². The zero-order valence-corrected chi connectivity index (χ0v) is 15.6. The Morgan fingerprint density at radius 1 is 0.885 bits per heavy atom. The first-order valence-corrected chi connectivity index (χ1v) is 9.76. The van der Waals surface area contributed by atoms with Crippen LogP contribution in [0, 0.1) is 6.92 Å². The molecule has 0 bridgehead atoms. The number of hydrogen-bond donors (Lipinski definition) is 1. The molecule has 3 aromatic carbocycles. The molecule has 3 rings (SSSR count). The predicted molar refractivity (Wildman–Crippen MR) is 106 cm³/mol. The van der Waals surface area contributed by atoms with Gasteiger partial charge in [-0.1, -0.05) is 48.0 Å². The molecular weight excluding hydrogens is 368 g/mol. The van der Waals surface area contributed by atoms with E-state index in [4.69, 9.17) is 11.6 Å². The molecule has 1 N–H and O–H groups in total. The molecule has 0 radical (unpaired) electrons. The van der Waals surface area contributed by atoms with Crippen LogP contribution in [0.4, 0.5) is 5.69 Å². The number of halogens is 1. The molecule has 0 spiro atoms. The van der Waals surface area contributed by atoms with Crippen molar-refractivity contribution in [2.24, 2.45) is 4.40 Å². The highest BCUT2D eigenvalue weighted by Gasteiger charge is 2.16. The summed E-state index contributed by atoms with van der Waals surface area (Å²) in [4.78, 5) is 0.137. The lowest BCUT2D eigenvalue weighted by Gasteiger charge is -2.13. The number of amidine groups is 1. The topological polar surface area (TPSA) is 58.5 Å². The van der Waals surface area contributed by atoms with E-state index in [0.717, 1.165) is 11.3 Å². The van der Waals surface area contributed by atoms with Gasteiger partial charge < -0.3 is 5.32 Å². The van der Waals surface area contributed by atoms with Crippen molar-refractivity contribution in [2.45, 2.75) is 11.8 Å². The molecule has 0 aliphatic rings. The van der Waals surface area contributed by atoms with Crippen LogP contribution in [0.2, 0.25) is 5.02 Å². The smallest absolute Gasteiger partial charge is 0.284 e. The number of para-hydroxylation sites is 1. The zero-order valence-electron chi connectivity index (χ0n) is 14.1. The second-order valence-corrected chi connectivity index (χ2v) is 7.72. The van der Waals surface area contributed by atoms with E-state index in [0.29, 0.717) is 10.6 Å². The third-order valence-electron chi connectivity index (χ3n) is 3.77. The minimum Gasteiger partial charge on any atom is -0.339 e. The molecule has 0 saturated carbocycles. The molecule has 0 aliphatic heterocycles. The maximum atomic E-state index is 12.7. The van der Waals surface area contributed by atoms with E-state index in [1.807, 2.05) is 31.2 Å². The van der Waals surface area contributed by atoms with Crippen LogP contribution >= 0.6 is 11.6 Å². The Morgan fingerprint density at radius 2 is 1.50 bits per heavy atom. The van der Waals surface area contributed by atoms with Crippen molar-refractivity contribution in [3.05, 3.63) is 95.0 Å². The van der Waals surface area contributed by atoms with Crippen LogP contribution in [0.5, 0.6) is 0 Å². The number of nitrogens with one attached hydrogen (secondary N) is 1. The number of anilines is 1. The van der Waals surface area contributed by atoms with Gasteiger partial charge in [-0.15, -0.1) is 4.40 Å². The minimum atomic E-state index is -3.86. The third-order valence-corrected chi connectivity index (χ3v) is 5.31. The molecule has 132 valence electrons. The Hall–Kier alpha value is -2.63. The van der Waals surface area contributed by atoms with Gasteiger partial charge in [0.2, 0.25) is 0 Å². The molecule has 0 heterocycles. The van der Waals surface area contributed by atoms with Gasteiger partial charge in [0, 0.05) is 16.3 Å². The lowest BCUT2D eigenvalue weighted by Crippen LogP contribution is -2.17. The molecule has 0 amide bonds. The number of nitrogens with zero attached hydrogens (tertiary/aromatic N) is 1. The number of rotatable bonds is 4. The molecule has 3 aromatic rings. The van der Waals surface area contributed by atoms with Gasteiger partial charge in [-0.05, 0) is 55.0 Å². The van der Waals surface area contributed by atoms with Crippen LogP contribution in [0.3, 0.4) is 0 Å². The van der Waals surface area contributed by atoms with Crippen molar-refractivity contribution < 1.29 is 8.42 Å². The van der Waals surface area contributed by atoms with Gasteiger partial charge in [0.25, 0.3) is 10.0 Å². The average molecular weight is 385 g/mol. The zero-order chi connectivity index (χ0) is 18.6. The molecule has 0 unspecified atom stereocenters. The normalized spacial score (nSPS) is 12.0. The van der Waals surface area contributed by atoms with E-state index in [-0.39, 0.29) is 10.7 Å². The molecule has 0 aliphatic carbocycles. The number of hydrogen-bond acceptors (Lipinski definition) is 2. The summed E-state index contributed by atoms with van der Waals surface area (Å²) < 4.78 is 29.5. The standard InChI is InChI=1S/C20H17ClN2O2S/c1-15-7-5-6-10-19(15)22-20(16-11-13-17(21)14-12-16)23-26(24,25)18-8-3-2-4-9-18/h2-14H,1H3,(H,22,23). The molecule has 4 nitrogen and oxygen atoms in total. The number of benzene rings is 3. The SMILES string of the molecule is Cc1ccccc1NC(=NS(=O)(=O)c1ccccc1)c1ccc(Cl)cc1. The van der Waals surface area contributed by atoms with E-state index in [2.05, 4.69) is 9.71 Å². The van der Waals surface area contributed by atoms with Gasteiger partial charge in [0.05, 0.1) is 4.90 Å². The molecule has 0 atom stereocenters. The fraction of sp³-hybridized carbons (Fsp3) is 0.0500. The van der Waals surface area contributed by atoms with Crippen molar-refractivity contribution >= 4 is 33.1 Å². The molecular formula is C20H17ClN2O2S. The van der Waals surface area contributed by atoms with Crippen LogP contribution in [-0.4, -0.2) is 14.3 Å². The van der Waals surface area contributed by atoms with Crippen molar-refractivity contribution in [1.29, 1.82) is 0 Å². The van der Waals surface area contributed by atoms with Crippen LogP contribution in [-0.2, 0) is 10.0 Å². The van der Waals surface area contributed by atoms with E-state index < -0.39 is 10.0 Å². The van der Waals surface area contributed by atoms with Crippen LogP contribution in [0.25, 0.3) is 0 Å². The number of aryl methyl sites for hydroxylation is 1. The Bertz CT molecular complexity index is 1030. The fourth-order valence-corrected chi connectivity index (χ4v) is 3.49. The van der Waals surface area contributed by atoms with E-state index in [1.165, 1.54) is 12.1 Å². The largest absolute Gasteiger partial charge is 0.339 e. The van der Waals surface area contributed by atoms with Crippen molar-refractivity contribution in [1.82, 2.24) is 0 Å². The average Bonchev–Trinajstić information content (AvgIpc) is 2.64.